The highest BCUT2D eigenvalue weighted by atomic mass is 32.2. The summed E-state index contributed by atoms with van der Waals surface area (Å²) in [7, 11) is -3.00. The number of nitrogens with zero attached hydrogens (tertiary/aromatic N) is 3. The van der Waals surface area contributed by atoms with Crippen molar-refractivity contribution in [2.75, 3.05) is 11.5 Å². The molecule has 110 valence electrons. The van der Waals surface area contributed by atoms with Crippen LogP contribution in [0.1, 0.15) is 16.8 Å². The van der Waals surface area contributed by atoms with Crippen LogP contribution in [0.15, 0.2) is 37.1 Å². The first kappa shape index (κ1) is 13.7. The summed E-state index contributed by atoms with van der Waals surface area (Å²) in [5.41, 5.74) is 0.406. The van der Waals surface area contributed by atoms with Crippen molar-refractivity contribution < 1.29 is 13.2 Å². The number of hydrogen-bond donors (Lipinski definition) is 1. The van der Waals surface area contributed by atoms with Gasteiger partial charge in [-0.1, -0.05) is 0 Å². The zero-order chi connectivity index (χ0) is 14.9. The molecule has 21 heavy (non-hydrogen) atoms. The summed E-state index contributed by atoms with van der Waals surface area (Å²) < 4.78 is 24.5. The Hall–Kier alpha value is -2.22. The SMILES string of the molecule is O=C(N[C@H]1CCS(=O)(=O)C1)c1ccc(-n2ccnc2)nc1. The maximum Gasteiger partial charge on any atom is 0.253 e. The molecule has 2 aromatic heterocycles. The molecule has 1 saturated heterocycles. The minimum absolute atomic E-state index is 0.0132. The fraction of sp³-hybridized carbons (Fsp3) is 0.308. The van der Waals surface area contributed by atoms with Gasteiger partial charge in [-0.3, -0.25) is 9.36 Å². The molecule has 0 aliphatic carbocycles. The molecule has 0 bridgehead atoms. The molecule has 1 N–H and O–H groups in total. The second kappa shape index (κ2) is 5.28. The van der Waals surface area contributed by atoms with Crippen molar-refractivity contribution in [1.82, 2.24) is 19.9 Å². The number of pyridine rings is 1. The third kappa shape index (κ3) is 3.10. The molecule has 1 atom stereocenters. The van der Waals surface area contributed by atoms with Crippen molar-refractivity contribution in [2.24, 2.45) is 0 Å². The van der Waals surface area contributed by atoms with Gasteiger partial charge in [0.25, 0.3) is 5.91 Å². The monoisotopic (exact) mass is 306 g/mol. The number of carbonyl (C=O) groups is 1. The second-order valence-corrected chi connectivity index (χ2v) is 7.18. The van der Waals surface area contributed by atoms with Gasteiger partial charge in [0, 0.05) is 24.6 Å². The van der Waals surface area contributed by atoms with E-state index in [0.29, 0.717) is 17.8 Å². The van der Waals surface area contributed by atoms with Crippen molar-refractivity contribution in [3.63, 3.8) is 0 Å². The van der Waals surface area contributed by atoms with Gasteiger partial charge < -0.3 is 5.32 Å². The van der Waals surface area contributed by atoms with E-state index in [-0.39, 0.29) is 23.5 Å². The lowest BCUT2D eigenvalue weighted by Crippen LogP contribution is -2.35. The molecule has 0 unspecified atom stereocenters. The second-order valence-electron chi connectivity index (χ2n) is 4.95. The number of sulfone groups is 1. The molecule has 0 saturated carbocycles. The molecule has 7 nitrogen and oxygen atoms in total. The molecule has 1 fully saturated rings. The Kier molecular flexibility index (Phi) is 3.46. The van der Waals surface area contributed by atoms with Crippen LogP contribution < -0.4 is 5.32 Å². The van der Waals surface area contributed by atoms with Gasteiger partial charge in [0.05, 0.1) is 17.1 Å². The summed E-state index contributed by atoms with van der Waals surface area (Å²) in [4.78, 5) is 20.2. The van der Waals surface area contributed by atoms with Crippen LogP contribution in [0.4, 0.5) is 0 Å². The van der Waals surface area contributed by atoms with E-state index in [0.717, 1.165) is 0 Å². The molecular weight excluding hydrogens is 292 g/mol. The van der Waals surface area contributed by atoms with Gasteiger partial charge in [-0.05, 0) is 18.6 Å². The van der Waals surface area contributed by atoms with Gasteiger partial charge >= 0.3 is 0 Å². The van der Waals surface area contributed by atoms with Crippen LogP contribution in [-0.4, -0.2) is 46.4 Å². The molecule has 1 aliphatic rings. The highest BCUT2D eigenvalue weighted by Crippen LogP contribution is 2.12. The molecule has 1 aliphatic heterocycles. The van der Waals surface area contributed by atoms with E-state index in [4.69, 9.17) is 0 Å². The fourth-order valence-corrected chi connectivity index (χ4v) is 3.92. The predicted molar refractivity (Wildman–Crippen MR) is 75.9 cm³/mol. The van der Waals surface area contributed by atoms with Gasteiger partial charge in [0.15, 0.2) is 9.84 Å². The molecule has 1 amide bonds. The lowest BCUT2D eigenvalue weighted by atomic mass is 10.2. The number of amides is 1. The number of aromatic nitrogens is 3. The van der Waals surface area contributed by atoms with E-state index in [1.54, 1.807) is 35.4 Å². The van der Waals surface area contributed by atoms with Crippen LogP contribution >= 0.6 is 0 Å². The molecule has 8 heteroatoms. The normalized spacial score (nSPS) is 20.3. The zero-order valence-corrected chi connectivity index (χ0v) is 12.0. The molecule has 0 spiro atoms. The first-order chi connectivity index (χ1) is 10.0. The standard InChI is InChI=1S/C13H14N4O3S/c18-13(16-11-3-6-21(19,20)8-11)10-1-2-12(15-7-10)17-5-4-14-9-17/h1-2,4-5,7,9,11H,3,6,8H2,(H,16,18)/t11-/m0/s1. The van der Waals surface area contributed by atoms with Crippen LogP contribution in [0.3, 0.4) is 0 Å². The van der Waals surface area contributed by atoms with Gasteiger partial charge in [0.1, 0.15) is 12.1 Å². The highest BCUT2D eigenvalue weighted by Gasteiger charge is 2.29. The van der Waals surface area contributed by atoms with Crippen molar-refractivity contribution in [3.8, 4) is 5.82 Å². The van der Waals surface area contributed by atoms with Gasteiger partial charge in [-0.2, -0.15) is 0 Å². The summed E-state index contributed by atoms with van der Waals surface area (Å²) in [6, 6.07) is 3.05. The van der Waals surface area contributed by atoms with Crippen LogP contribution in [-0.2, 0) is 9.84 Å². The van der Waals surface area contributed by atoms with E-state index in [2.05, 4.69) is 15.3 Å². The summed E-state index contributed by atoms with van der Waals surface area (Å²) in [5, 5.41) is 2.73. The summed E-state index contributed by atoms with van der Waals surface area (Å²) >= 11 is 0. The molecule has 0 aromatic carbocycles. The first-order valence-corrected chi connectivity index (χ1v) is 8.31. The number of hydrogen-bond acceptors (Lipinski definition) is 5. The highest BCUT2D eigenvalue weighted by molar-refractivity contribution is 7.91. The Morgan fingerprint density at radius 1 is 1.38 bits per heavy atom. The van der Waals surface area contributed by atoms with E-state index in [1.807, 2.05) is 0 Å². The lowest BCUT2D eigenvalue weighted by Gasteiger charge is -2.10. The number of nitrogens with one attached hydrogen (secondary N) is 1. The summed E-state index contributed by atoms with van der Waals surface area (Å²) in [5.74, 6) is 0.504. The summed E-state index contributed by atoms with van der Waals surface area (Å²) in [6.45, 7) is 0. The number of imidazole rings is 1. The molecule has 0 radical (unpaired) electrons. The number of carbonyl (C=O) groups excluding carboxylic acids is 1. The third-order valence-corrected chi connectivity index (χ3v) is 5.11. The largest absolute Gasteiger partial charge is 0.348 e. The Morgan fingerprint density at radius 3 is 2.81 bits per heavy atom. The first-order valence-electron chi connectivity index (χ1n) is 6.49. The number of rotatable bonds is 3. The molecular formula is C13H14N4O3S. The topological polar surface area (TPSA) is 94.0 Å². The maximum atomic E-state index is 12.0. The summed E-state index contributed by atoms with van der Waals surface area (Å²) in [6.07, 6.45) is 6.95. The average Bonchev–Trinajstić information content (AvgIpc) is 3.09. The van der Waals surface area contributed by atoms with Gasteiger partial charge in [-0.15, -0.1) is 0 Å². The predicted octanol–water partition coefficient (Wildman–Crippen LogP) is 0.184. The van der Waals surface area contributed by atoms with Crippen molar-refractivity contribution in [3.05, 3.63) is 42.6 Å². The molecule has 2 aromatic rings. The molecule has 3 rings (SSSR count). The Balaban J connectivity index is 1.68. The van der Waals surface area contributed by atoms with Crippen molar-refractivity contribution in [1.29, 1.82) is 0 Å². The Labute approximate surface area is 122 Å². The fourth-order valence-electron chi connectivity index (χ4n) is 2.25. The maximum absolute atomic E-state index is 12.0. The lowest BCUT2D eigenvalue weighted by molar-refractivity contribution is 0.0941. The van der Waals surface area contributed by atoms with Crippen LogP contribution in [0, 0.1) is 0 Å². The Bertz CT molecular complexity index is 738. The smallest absolute Gasteiger partial charge is 0.253 e. The van der Waals surface area contributed by atoms with Gasteiger partial charge in [-0.25, -0.2) is 18.4 Å². The van der Waals surface area contributed by atoms with Crippen molar-refractivity contribution in [2.45, 2.75) is 12.5 Å². The van der Waals surface area contributed by atoms with E-state index >= 15 is 0 Å². The average molecular weight is 306 g/mol. The minimum atomic E-state index is -3.00. The van der Waals surface area contributed by atoms with Crippen LogP contribution in [0.25, 0.3) is 5.82 Å². The van der Waals surface area contributed by atoms with E-state index < -0.39 is 9.84 Å². The van der Waals surface area contributed by atoms with Crippen LogP contribution in [0.2, 0.25) is 0 Å². The Morgan fingerprint density at radius 2 is 2.24 bits per heavy atom. The van der Waals surface area contributed by atoms with E-state index in [9.17, 15) is 13.2 Å². The zero-order valence-electron chi connectivity index (χ0n) is 11.1. The minimum Gasteiger partial charge on any atom is -0.348 e. The van der Waals surface area contributed by atoms with Crippen LogP contribution in [0.5, 0.6) is 0 Å². The molecule has 3 heterocycles. The third-order valence-electron chi connectivity index (χ3n) is 3.35. The van der Waals surface area contributed by atoms with E-state index in [1.165, 1.54) is 6.20 Å². The quantitative estimate of drug-likeness (QED) is 0.873. The van der Waals surface area contributed by atoms with Gasteiger partial charge in [0.2, 0.25) is 0 Å². The van der Waals surface area contributed by atoms with Crippen molar-refractivity contribution >= 4 is 15.7 Å².